The molecule has 0 radical (unpaired) electrons. The van der Waals surface area contributed by atoms with Gasteiger partial charge in [0, 0.05) is 67.2 Å². The smallest absolute Gasteiger partial charge is 0.366 e. The molecular weight excluding hydrogens is 1150 g/mol. The van der Waals surface area contributed by atoms with Gasteiger partial charge in [-0.25, -0.2) is 9.59 Å². The van der Waals surface area contributed by atoms with E-state index in [0.717, 1.165) is 69.4 Å². The summed E-state index contributed by atoms with van der Waals surface area (Å²) in [6.45, 7) is 15.6. The van der Waals surface area contributed by atoms with E-state index in [0.29, 0.717) is 0 Å². The van der Waals surface area contributed by atoms with E-state index in [-0.39, 0.29) is 5.56 Å². The highest BCUT2D eigenvalue weighted by Gasteiger charge is 2.62. The molecule has 3 heterocycles. The highest BCUT2D eigenvalue weighted by atomic mass is 28.4. The maximum Gasteiger partial charge on any atom is 0.366 e. The van der Waals surface area contributed by atoms with E-state index in [2.05, 4.69) is 15.3 Å². The van der Waals surface area contributed by atoms with Crippen molar-refractivity contribution in [1.82, 2.24) is 5.32 Å². The summed E-state index contributed by atoms with van der Waals surface area (Å²) in [5, 5.41) is 5.92. The minimum absolute atomic E-state index is 0.0544. The first-order valence-electron chi connectivity index (χ1n) is 26.6. The number of rotatable bonds is 24. The molecule has 0 spiro atoms. The summed E-state index contributed by atoms with van der Waals surface area (Å²) < 4.78 is 95.3. The van der Waals surface area contributed by atoms with E-state index >= 15 is 0 Å². The molecule has 3 aliphatic heterocycles. The van der Waals surface area contributed by atoms with E-state index in [1.165, 1.54) is 24.3 Å². The Kier molecular flexibility index (Phi) is 25.3. The average molecular weight is 1230 g/mol. The lowest BCUT2D eigenvalue weighted by molar-refractivity contribution is -0.349. The van der Waals surface area contributed by atoms with Crippen LogP contribution in [0.2, 0.25) is 18.1 Å². The molecule has 0 unspecified atom stereocenters. The predicted molar refractivity (Wildman–Crippen MR) is 283 cm³/mol. The van der Waals surface area contributed by atoms with Gasteiger partial charge < -0.3 is 80.8 Å². The number of azide groups is 1. The SMILES string of the molecule is COC(=O)[C@]1(OC[C@H]2O[C@@H](O[Si](C)(C)C(C)(C)C)[C@H](N=[N+]=[N-])[C@@H](O[C@@H]3O[C@H](COC(C)=O)[C@H](OC(C)=O)[C@H](OC(C)=O)[C@H]3OC(=O)c3ccccc3)[C@H]2OC(C)=O)C[C@H](OC(C)=O)[C@@H](NC(C)=O)[C@H]([C@H](OC(C)=O)[C@@H](COC(C)=O)OC(C)=O)O1. The number of amides is 1. The molecule has 472 valence electrons. The number of nitrogens with zero attached hydrogens (tertiary/aromatic N) is 3. The zero-order valence-electron chi connectivity index (χ0n) is 49.7. The van der Waals surface area contributed by atoms with Gasteiger partial charge in [-0.2, -0.15) is 0 Å². The molecule has 3 aliphatic rings. The van der Waals surface area contributed by atoms with Crippen LogP contribution in [0, 0.1) is 0 Å². The van der Waals surface area contributed by atoms with Crippen molar-refractivity contribution < 1.29 is 128 Å². The standard InChI is InChI=1S/C53H74N4O27Si/c1-25(58)55-39-35(73-28(4)61)21-53(51(68)69-13,83-45(39)42(76-31(7)64)36(74-29(5)62)22-70-26(2)59)72-24-38-41(75-30(6)63)44(40(56-57-54)49(79-38)84-85(14,15)52(10,11)12)82-50-47(81-48(67)34-19-17-16-18-20-34)46(78-33(9)66)43(77-32(8)65)37(80-50)23-71-27(3)60/h16-20,35-47,49-50H,21-24H2,1-15H3,(H,55,58)/t35-,36+,37+,38+,39+,40+,41-,42+,43-,44+,45+,46-,47+,49-,50-,53-/m0/s1. The second kappa shape index (κ2) is 30.7. The fraction of sp³-hybridized carbons (Fsp3) is 0.679. The molecule has 31 nitrogen and oxygen atoms in total. The summed E-state index contributed by atoms with van der Waals surface area (Å²) in [4.78, 5) is 147. The number of hydrogen-bond donors (Lipinski definition) is 1. The normalized spacial score (nSPS) is 28.2. The summed E-state index contributed by atoms with van der Waals surface area (Å²) in [7, 11) is -2.25. The molecule has 1 amide bonds. The molecule has 1 aromatic rings. The zero-order chi connectivity index (χ0) is 63.9. The highest BCUT2D eigenvalue weighted by Crippen LogP contribution is 2.43. The van der Waals surface area contributed by atoms with Gasteiger partial charge in [-0.05, 0) is 35.8 Å². The summed E-state index contributed by atoms with van der Waals surface area (Å²) >= 11 is 0. The number of nitrogens with one attached hydrogen (secondary N) is 1. The lowest BCUT2D eigenvalue weighted by Crippen LogP contribution is -2.70. The topological polar surface area (TPSA) is 396 Å². The molecule has 1 N–H and O–H groups in total. The van der Waals surface area contributed by atoms with Crippen molar-refractivity contribution >= 4 is 73.9 Å². The van der Waals surface area contributed by atoms with Crippen LogP contribution in [0.1, 0.15) is 99.9 Å². The number of carbonyl (C=O) groups excluding carboxylic acids is 11. The number of ether oxygens (including phenoxy) is 15. The van der Waals surface area contributed by atoms with Crippen LogP contribution in [0.4, 0.5) is 0 Å². The summed E-state index contributed by atoms with van der Waals surface area (Å²) in [5.41, 5.74) is 10.3. The van der Waals surface area contributed by atoms with E-state index < -0.39 is 203 Å². The van der Waals surface area contributed by atoms with Crippen LogP contribution in [0.15, 0.2) is 35.4 Å². The Bertz CT molecular complexity index is 2650. The van der Waals surface area contributed by atoms with Crippen LogP contribution < -0.4 is 5.32 Å². The van der Waals surface area contributed by atoms with E-state index in [1.807, 2.05) is 20.8 Å². The Morgan fingerprint density at radius 3 is 1.73 bits per heavy atom. The van der Waals surface area contributed by atoms with E-state index in [9.17, 15) is 58.3 Å². The quantitative estimate of drug-likeness (QED) is 0.0388. The fourth-order valence-corrected chi connectivity index (χ4v) is 10.2. The third-order valence-corrected chi connectivity index (χ3v) is 17.9. The molecule has 0 aromatic heterocycles. The van der Waals surface area contributed by atoms with Gasteiger partial charge in [-0.15, -0.1) is 0 Å². The Balaban J connectivity index is 2.07. The lowest BCUT2D eigenvalue weighted by Gasteiger charge is -2.51. The Hall–Kier alpha value is -7.32. The molecule has 0 bridgehead atoms. The van der Waals surface area contributed by atoms with Gasteiger partial charge >= 0.3 is 59.7 Å². The number of benzene rings is 1. The van der Waals surface area contributed by atoms with E-state index in [4.69, 9.17) is 75.5 Å². The third kappa shape index (κ3) is 19.6. The van der Waals surface area contributed by atoms with Gasteiger partial charge in [-0.1, -0.05) is 44.1 Å². The summed E-state index contributed by atoms with van der Waals surface area (Å²) in [5.74, 6) is -14.0. The average Bonchev–Trinajstić information content (AvgIpc) is 1.27. The maximum atomic E-state index is 14.6. The van der Waals surface area contributed by atoms with E-state index in [1.54, 1.807) is 19.2 Å². The van der Waals surface area contributed by atoms with Crippen molar-refractivity contribution in [2.45, 2.75) is 205 Å². The van der Waals surface area contributed by atoms with Crippen LogP contribution in [0.5, 0.6) is 0 Å². The first-order valence-corrected chi connectivity index (χ1v) is 29.5. The zero-order valence-corrected chi connectivity index (χ0v) is 50.7. The number of esters is 10. The first kappa shape index (κ1) is 70.2. The number of hydrogen-bond acceptors (Lipinski definition) is 28. The van der Waals surface area contributed by atoms with Gasteiger partial charge in [0.1, 0.15) is 49.8 Å². The Labute approximate surface area is 489 Å². The molecule has 3 saturated heterocycles. The first-order chi connectivity index (χ1) is 39.6. The predicted octanol–water partition coefficient (Wildman–Crippen LogP) is 2.64. The Morgan fingerprint density at radius 1 is 0.682 bits per heavy atom. The van der Waals surface area contributed by atoms with Crippen molar-refractivity contribution in [1.29, 1.82) is 0 Å². The molecular formula is C53H74N4O27Si. The summed E-state index contributed by atoms with van der Waals surface area (Å²) in [6, 6.07) is 3.98. The minimum atomic E-state index is -3.16. The Morgan fingerprint density at radius 2 is 1.22 bits per heavy atom. The molecule has 85 heavy (non-hydrogen) atoms. The van der Waals surface area contributed by atoms with Crippen LogP contribution >= 0.6 is 0 Å². The third-order valence-electron chi connectivity index (χ3n) is 13.5. The molecule has 0 aliphatic carbocycles. The fourth-order valence-electron chi connectivity index (χ4n) is 9.05. The second-order valence-electron chi connectivity index (χ2n) is 21.3. The van der Waals surface area contributed by atoms with Crippen molar-refractivity contribution in [2.24, 2.45) is 5.11 Å². The van der Waals surface area contributed by atoms with Gasteiger partial charge in [0.2, 0.25) is 5.91 Å². The maximum absolute atomic E-state index is 14.6. The van der Waals surface area contributed by atoms with Crippen LogP contribution in [0.25, 0.3) is 10.4 Å². The van der Waals surface area contributed by atoms with Crippen molar-refractivity contribution in [2.75, 3.05) is 26.9 Å². The second-order valence-corrected chi connectivity index (χ2v) is 26.0. The lowest BCUT2D eigenvalue weighted by atomic mass is 9.87. The number of methoxy groups -OCH3 is 1. The van der Waals surface area contributed by atoms with Gasteiger partial charge in [0.25, 0.3) is 5.79 Å². The molecule has 32 heteroatoms. The van der Waals surface area contributed by atoms with Crippen LogP contribution in [-0.4, -0.2) is 198 Å². The molecule has 1 aromatic carbocycles. The molecule has 16 atom stereocenters. The highest BCUT2D eigenvalue weighted by molar-refractivity contribution is 6.74. The minimum Gasteiger partial charge on any atom is -0.465 e. The van der Waals surface area contributed by atoms with Crippen molar-refractivity contribution in [3.8, 4) is 0 Å². The summed E-state index contributed by atoms with van der Waals surface area (Å²) in [6.07, 6.45) is -25.0. The van der Waals surface area contributed by atoms with Gasteiger partial charge in [0.15, 0.2) is 57.5 Å². The molecule has 3 fully saturated rings. The largest absolute Gasteiger partial charge is 0.465 e. The molecule has 4 rings (SSSR count). The van der Waals surface area contributed by atoms with Crippen molar-refractivity contribution in [3.63, 3.8) is 0 Å². The van der Waals surface area contributed by atoms with Gasteiger partial charge in [0.05, 0.1) is 31.7 Å². The van der Waals surface area contributed by atoms with Crippen LogP contribution in [0.3, 0.4) is 0 Å². The monoisotopic (exact) mass is 1230 g/mol. The number of carbonyl (C=O) groups is 11. The molecule has 0 saturated carbocycles. The van der Waals surface area contributed by atoms with Gasteiger partial charge in [-0.3, -0.25) is 43.2 Å². The van der Waals surface area contributed by atoms with Crippen LogP contribution in [-0.2, 0) is 123 Å². The van der Waals surface area contributed by atoms with Crippen molar-refractivity contribution in [3.05, 3.63) is 46.3 Å².